The van der Waals surface area contributed by atoms with E-state index in [0.29, 0.717) is 12.4 Å². The summed E-state index contributed by atoms with van der Waals surface area (Å²) in [7, 11) is 2.06. The number of fused-ring (bicyclic) bond motifs is 1. The third kappa shape index (κ3) is 5.15. The molecule has 0 fully saturated rings. The lowest BCUT2D eigenvalue weighted by Crippen LogP contribution is -2.28. The molecule has 4 aromatic rings. The predicted molar refractivity (Wildman–Crippen MR) is 130 cm³/mol. The molecule has 9 heteroatoms. The Labute approximate surface area is 193 Å². The van der Waals surface area contributed by atoms with E-state index in [0.717, 1.165) is 34.5 Å². The van der Waals surface area contributed by atoms with Crippen molar-refractivity contribution in [3.63, 3.8) is 0 Å². The smallest absolute Gasteiger partial charge is 0.320 e. The van der Waals surface area contributed by atoms with Gasteiger partial charge in [-0.25, -0.2) is 19.4 Å². The van der Waals surface area contributed by atoms with Crippen LogP contribution in [0.4, 0.5) is 16.3 Å². The topological polar surface area (TPSA) is 88.0 Å². The lowest BCUT2D eigenvalue weighted by molar-refractivity contribution is 0.252. The van der Waals surface area contributed by atoms with Gasteiger partial charge in [0, 0.05) is 37.4 Å². The Morgan fingerprint density at radius 1 is 1.12 bits per heavy atom. The van der Waals surface area contributed by atoms with Crippen LogP contribution in [0.25, 0.3) is 16.5 Å². The van der Waals surface area contributed by atoms with Crippen LogP contribution >= 0.6 is 12.4 Å². The molecule has 2 aromatic heterocycles. The van der Waals surface area contributed by atoms with Gasteiger partial charge in [0.2, 0.25) is 0 Å². The van der Waals surface area contributed by atoms with Gasteiger partial charge >= 0.3 is 6.03 Å². The number of carbonyl (C=O) groups is 1. The van der Waals surface area contributed by atoms with Crippen LogP contribution in [0.3, 0.4) is 0 Å². The van der Waals surface area contributed by atoms with E-state index < -0.39 is 0 Å². The van der Waals surface area contributed by atoms with Crippen molar-refractivity contribution in [2.24, 2.45) is 0 Å². The number of aromatic nitrogens is 4. The van der Waals surface area contributed by atoms with E-state index in [9.17, 15) is 4.79 Å². The zero-order valence-corrected chi connectivity index (χ0v) is 19.1. The molecule has 0 radical (unpaired) electrons. The van der Waals surface area contributed by atoms with Crippen LogP contribution in [-0.2, 0) is 6.54 Å². The number of amides is 2. The SMILES string of the molecule is CCNC(=O)Nc1cc2cccc(N(C)Cc3ccc(-n4cnc(C)n4)cc3)c2cn1.Cl. The summed E-state index contributed by atoms with van der Waals surface area (Å²) in [6.45, 7) is 5.05. The van der Waals surface area contributed by atoms with Gasteiger partial charge in [-0.15, -0.1) is 12.4 Å². The van der Waals surface area contributed by atoms with E-state index in [4.69, 9.17) is 0 Å². The Morgan fingerprint density at radius 3 is 2.59 bits per heavy atom. The van der Waals surface area contributed by atoms with Gasteiger partial charge in [-0.3, -0.25) is 5.32 Å². The number of hydrogen-bond acceptors (Lipinski definition) is 5. The molecule has 2 aromatic carbocycles. The number of hydrogen-bond donors (Lipinski definition) is 2. The van der Waals surface area contributed by atoms with Crippen LogP contribution in [0, 0.1) is 6.92 Å². The lowest BCUT2D eigenvalue weighted by atomic mass is 10.1. The monoisotopic (exact) mass is 451 g/mol. The highest BCUT2D eigenvalue weighted by Gasteiger charge is 2.10. The quantitative estimate of drug-likeness (QED) is 0.455. The summed E-state index contributed by atoms with van der Waals surface area (Å²) >= 11 is 0. The molecular formula is C23H26ClN7O. The molecule has 2 amide bonds. The Bertz CT molecular complexity index is 1210. The minimum absolute atomic E-state index is 0. The number of nitrogens with one attached hydrogen (secondary N) is 2. The normalized spacial score (nSPS) is 10.5. The molecule has 166 valence electrons. The lowest BCUT2D eigenvalue weighted by Gasteiger charge is -2.21. The van der Waals surface area contributed by atoms with E-state index in [1.807, 2.05) is 44.2 Å². The summed E-state index contributed by atoms with van der Waals surface area (Å²) in [6.07, 6.45) is 3.52. The number of benzene rings is 2. The number of anilines is 2. The molecule has 0 unspecified atom stereocenters. The second-order valence-electron chi connectivity index (χ2n) is 7.31. The maximum atomic E-state index is 11.8. The van der Waals surface area contributed by atoms with Crippen molar-refractivity contribution in [1.82, 2.24) is 25.1 Å². The van der Waals surface area contributed by atoms with Gasteiger partial charge in [-0.1, -0.05) is 24.3 Å². The molecule has 0 bridgehead atoms. The number of nitrogens with zero attached hydrogens (tertiary/aromatic N) is 5. The molecule has 0 saturated heterocycles. The Balaban J connectivity index is 0.00000289. The van der Waals surface area contributed by atoms with Gasteiger partial charge in [-0.05, 0) is 49.1 Å². The minimum atomic E-state index is -0.257. The standard InChI is InChI=1S/C23H25N7O.ClH/c1-4-24-23(31)27-22-12-18-6-5-7-21(20(18)13-25-22)29(3)14-17-8-10-19(11-9-17)30-15-26-16(2)28-30;/h5-13,15H,4,14H2,1-3H3,(H2,24,25,27,31);1H. The zero-order chi connectivity index (χ0) is 21.8. The number of urea groups is 1. The molecule has 0 aliphatic heterocycles. The van der Waals surface area contributed by atoms with Crippen LogP contribution < -0.4 is 15.5 Å². The van der Waals surface area contributed by atoms with Crippen LogP contribution in [0.15, 0.2) is 61.1 Å². The summed E-state index contributed by atoms with van der Waals surface area (Å²) in [6, 6.07) is 16.0. The molecule has 2 heterocycles. The van der Waals surface area contributed by atoms with Crippen LogP contribution in [0.1, 0.15) is 18.3 Å². The first-order valence-corrected chi connectivity index (χ1v) is 10.2. The highest BCUT2D eigenvalue weighted by atomic mass is 35.5. The molecule has 4 rings (SSSR count). The van der Waals surface area contributed by atoms with Crippen molar-refractivity contribution in [2.45, 2.75) is 20.4 Å². The van der Waals surface area contributed by atoms with Crippen LogP contribution in [-0.4, -0.2) is 39.4 Å². The van der Waals surface area contributed by atoms with E-state index in [1.165, 1.54) is 5.56 Å². The van der Waals surface area contributed by atoms with Crippen LogP contribution in [0.2, 0.25) is 0 Å². The average molecular weight is 452 g/mol. The molecule has 0 aliphatic carbocycles. The zero-order valence-electron chi connectivity index (χ0n) is 18.2. The van der Waals surface area contributed by atoms with Crippen molar-refractivity contribution in [3.05, 3.63) is 72.4 Å². The first kappa shape index (κ1) is 23.0. The van der Waals surface area contributed by atoms with Gasteiger partial charge in [0.25, 0.3) is 0 Å². The predicted octanol–water partition coefficient (Wildman–Crippen LogP) is 4.32. The molecular weight excluding hydrogens is 426 g/mol. The van der Waals surface area contributed by atoms with E-state index in [2.05, 4.69) is 55.8 Å². The molecule has 0 spiro atoms. The Kier molecular flexibility index (Phi) is 7.27. The van der Waals surface area contributed by atoms with Crippen molar-refractivity contribution < 1.29 is 4.79 Å². The first-order valence-electron chi connectivity index (χ1n) is 10.2. The van der Waals surface area contributed by atoms with E-state index in [1.54, 1.807) is 17.2 Å². The van der Waals surface area contributed by atoms with Crippen molar-refractivity contribution in [2.75, 3.05) is 23.8 Å². The number of halogens is 1. The fourth-order valence-corrected chi connectivity index (χ4v) is 3.46. The molecule has 0 aliphatic rings. The minimum Gasteiger partial charge on any atom is -0.370 e. The Morgan fingerprint density at radius 2 is 1.91 bits per heavy atom. The third-order valence-electron chi connectivity index (χ3n) is 4.96. The van der Waals surface area contributed by atoms with Crippen molar-refractivity contribution in [3.8, 4) is 5.69 Å². The van der Waals surface area contributed by atoms with Gasteiger partial charge in [0.15, 0.2) is 0 Å². The fraction of sp³-hybridized carbons (Fsp3) is 0.217. The van der Waals surface area contributed by atoms with Crippen LogP contribution in [0.5, 0.6) is 0 Å². The molecule has 0 saturated carbocycles. The van der Waals surface area contributed by atoms with Gasteiger partial charge in [0.1, 0.15) is 18.0 Å². The van der Waals surface area contributed by atoms with E-state index >= 15 is 0 Å². The van der Waals surface area contributed by atoms with Gasteiger partial charge < -0.3 is 10.2 Å². The maximum Gasteiger partial charge on any atom is 0.320 e. The second-order valence-corrected chi connectivity index (χ2v) is 7.31. The summed E-state index contributed by atoms with van der Waals surface area (Å²) in [5.41, 5.74) is 3.24. The number of carbonyl (C=O) groups excluding carboxylic acids is 1. The summed E-state index contributed by atoms with van der Waals surface area (Å²) in [5, 5.41) is 11.9. The molecule has 2 N–H and O–H groups in total. The van der Waals surface area contributed by atoms with Gasteiger partial charge in [-0.2, -0.15) is 5.10 Å². The van der Waals surface area contributed by atoms with Crippen molar-refractivity contribution in [1.29, 1.82) is 0 Å². The fourth-order valence-electron chi connectivity index (χ4n) is 3.46. The number of rotatable bonds is 6. The third-order valence-corrected chi connectivity index (χ3v) is 4.96. The summed E-state index contributed by atoms with van der Waals surface area (Å²) in [5.74, 6) is 1.27. The van der Waals surface area contributed by atoms with E-state index in [-0.39, 0.29) is 18.4 Å². The summed E-state index contributed by atoms with van der Waals surface area (Å²) in [4.78, 5) is 22.5. The van der Waals surface area contributed by atoms with Gasteiger partial charge in [0.05, 0.1) is 5.69 Å². The number of pyridine rings is 1. The molecule has 32 heavy (non-hydrogen) atoms. The number of aryl methyl sites for hydroxylation is 1. The molecule has 8 nitrogen and oxygen atoms in total. The second kappa shape index (κ2) is 10.1. The first-order chi connectivity index (χ1) is 15.0. The largest absolute Gasteiger partial charge is 0.370 e. The maximum absolute atomic E-state index is 11.8. The van der Waals surface area contributed by atoms with Crippen molar-refractivity contribution >= 4 is 40.7 Å². The molecule has 0 atom stereocenters. The average Bonchev–Trinajstić information content (AvgIpc) is 3.20. The Hall–Kier alpha value is -3.65. The summed E-state index contributed by atoms with van der Waals surface area (Å²) < 4.78 is 1.77. The highest BCUT2D eigenvalue weighted by Crippen LogP contribution is 2.28. The highest BCUT2D eigenvalue weighted by molar-refractivity contribution is 5.97.